The van der Waals surface area contributed by atoms with Crippen LogP contribution in [0.4, 0.5) is 5.13 Å². The lowest BCUT2D eigenvalue weighted by atomic mass is 10.0. The van der Waals surface area contributed by atoms with Crippen LogP contribution in [0.2, 0.25) is 0 Å². The van der Waals surface area contributed by atoms with Crippen LogP contribution in [0, 0.1) is 6.92 Å². The van der Waals surface area contributed by atoms with E-state index in [2.05, 4.69) is 24.1 Å². The number of aromatic carboxylic acids is 1. The predicted molar refractivity (Wildman–Crippen MR) is 154 cm³/mol. The van der Waals surface area contributed by atoms with Crippen LogP contribution >= 0.6 is 22.7 Å². The molecule has 0 bridgehead atoms. The number of anilines is 1. The van der Waals surface area contributed by atoms with Gasteiger partial charge in [-0.2, -0.15) is 4.31 Å². The molecule has 1 aliphatic heterocycles. The minimum absolute atomic E-state index is 0.0660. The molecule has 0 radical (unpaired) electrons. The molecule has 1 atom stereocenters. The fourth-order valence-electron chi connectivity index (χ4n) is 4.48. The lowest BCUT2D eigenvalue weighted by Gasteiger charge is -2.39. The van der Waals surface area contributed by atoms with Gasteiger partial charge in [0, 0.05) is 31.1 Å². The molecule has 0 saturated carbocycles. The van der Waals surface area contributed by atoms with Crippen LogP contribution in [-0.2, 0) is 27.8 Å². The van der Waals surface area contributed by atoms with Crippen molar-refractivity contribution in [2.75, 3.05) is 24.5 Å². The summed E-state index contributed by atoms with van der Waals surface area (Å²) in [5, 5.41) is 12.8. The van der Waals surface area contributed by atoms with Gasteiger partial charge in [-0.3, -0.25) is 4.79 Å². The highest BCUT2D eigenvalue weighted by Gasteiger charge is 2.41. The Kier molecular flexibility index (Phi) is 9.10. The van der Waals surface area contributed by atoms with Gasteiger partial charge in [0.05, 0.1) is 5.69 Å². The van der Waals surface area contributed by atoms with Crippen LogP contribution in [0.25, 0.3) is 0 Å². The first-order valence-corrected chi connectivity index (χ1v) is 16.0. The summed E-state index contributed by atoms with van der Waals surface area (Å²) in [6.07, 6.45) is 1.70. The van der Waals surface area contributed by atoms with E-state index in [-0.39, 0.29) is 28.7 Å². The van der Waals surface area contributed by atoms with E-state index in [0.29, 0.717) is 23.3 Å². The third-order valence-corrected chi connectivity index (χ3v) is 11.4. The van der Waals surface area contributed by atoms with Crippen molar-refractivity contribution in [1.29, 1.82) is 0 Å². The molecule has 39 heavy (non-hydrogen) atoms. The van der Waals surface area contributed by atoms with E-state index in [1.54, 1.807) is 17.9 Å². The largest absolute Gasteiger partial charge is 0.477 e. The number of carbonyl (C=O) groups excluding carboxylic acids is 1. The molecule has 0 aliphatic carbocycles. The first-order chi connectivity index (χ1) is 18.5. The van der Waals surface area contributed by atoms with Gasteiger partial charge in [-0.1, -0.05) is 62.8 Å². The molecule has 2 aromatic heterocycles. The second kappa shape index (κ2) is 12.2. The van der Waals surface area contributed by atoms with Crippen molar-refractivity contribution in [3.05, 3.63) is 63.0 Å². The number of carboxylic acid groups (broad SMARTS) is 1. The Balaban J connectivity index is 1.59. The van der Waals surface area contributed by atoms with Crippen LogP contribution in [0.15, 0.2) is 40.6 Å². The van der Waals surface area contributed by atoms with Crippen molar-refractivity contribution in [2.45, 2.75) is 63.3 Å². The number of thiophene rings is 1. The second-order valence-corrected chi connectivity index (χ2v) is 14.1. The SMILES string of the molecule is CCCc1ccc(S(=O)(=O)N2CCN(c3nc(C)c(C(=O)O)s3)C[C@@H]2C(=O)NCc2ccc(C(C)C)cc2)s1. The molecule has 3 heterocycles. The lowest BCUT2D eigenvalue weighted by Crippen LogP contribution is -2.60. The Morgan fingerprint density at radius 1 is 1.13 bits per heavy atom. The lowest BCUT2D eigenvalue weighted by molar-refractivity contribution is -0.125. The number of thiazole rings is 1. The summed E-state index contributed by atoms with van der Waals surface area (Å²) >= 11 is 2.27. The molecular weight excluding hydrogens is 557 g/mol. The average molecular weight is 591 g/mol. The third kappa shape index (κ3) is 6.51. The van der Waals surface area contributed by atoms with E-state index in [0.717, 1.165) is 34.6 Å². The summed E-state index contributed by atoms with van der Waals surface area (Å²) < 4.78 is 29.0. The van der Waals surface area contributed by atoms with Gasteiger partial charge in [-0.15, -0.1) is 11.3 Å². The summed E-state index contributed by atoms with van der Waals surface area (Å²) in [5.41, 5.74) is 2.51. The molecule has 1 saturated heterocycles. The summed E-state index contributed by atoms with van der Waals surface area (Å²) in [7, 11) is -3.92. The number of aryl methyl sites for hydroxylation is 2. The number of hydrogen-bond donors (Lipinski definition) is 2. The molecule has 2 N–H and O–H groups in total. The summed E-state index contributed by atoms with van der Waals surface area (Å²) in [6.45, 7) is 8.59. The van der Waals surface area contributed by atoms with Gasteiger partial charge in [0.25, 0.3) is 10.0 Å². The Labute approximate surface area is 237 Å². The maximum absolute atomic E-state index is 13.7. The fourth-order valence-corrected chi connectivity index (χ4v) is 8.58. The number of carbonyl (C=O) groups is 2. The maximum Gasteiger partial charge on any atom is 0.347 e. The highest BCUT2D eigenvalue weighted by atomic mass is 32.2. The zero-order chi connectivity index (χ0) is 28.3. The van der Waals surface area contributed by atoms with Gasteiger partial charge in [-0.05, 0) is 42.5 Å². The third-order valence-electron chi connectivity index (χ3n) is 6.69. The number of carboxylic acids is 1. The van der Waals surface area contributed by atoms with E-state index < -0.39 is 27.9 Å². The second-order valence-electron chi connectivity index (χ2n) is 9.88. The molecule has 3 aromatic rings. The Hall–Kier alpha value is -2.80. The highest BCUT2D eigenvalue weighted by Crippen LogP contribution is 2.32. The smallest absolute Gasteiger partial charge is 0.347 e. The first kappa shape index (κ1) is 29.2. The Morgan fingerprint density at radius 2 is 1.85 bits per heavy atom. The Morgan fingerprint density at radius 3 is 2.46 bits per heavy atom. The summed E-state index contributed by atoms with van der Waals surface area (Å²) in [4.78, 5) is 32.4. The standard InChI is InChI=1S/C27H34N4O5S3/c1-5-6-21-11-12-23(37-21)39(35,36)31-14-13-30(27-29-18(4)24(38-27)26(33)34)16-22(31)25(32)28-15-19-7-9-20(10-8-19)17(2)3/h7-12,17,22H,5-6,13-16H2,1-4H3,(H,28,32)(H,33,34)/t22-/m1/s1. The summed E-state index contributed by atoms with van der Waals surface area (Å²) in [6, 6.07) is 10.4. The number of hydrogen-bond acceptors (Lipinski definition) is 8. The average Bonchev–Trinajstić information content (AvgIpc) is 3.54. The number of benzene rings is 1. The van der Waals surface area contributed by atoms with Crippen LogP contribution in [0.3, 0.4) is 0 Å². The zero-order valence-electron chi connectivity index (χ0n) is 22.5. The van der Waals surface area contributed by atoms with Gasteiger partial charge < -0.3 is 15.3 Å². The number of sulfonamides is 1. The van der Waals surface area contributed by atoms with Crippen LogP contribution < -0.4 is 10.2 Å². The van der Waals surface area contributed by atoms with Crippen molar-refractivity contribution in [3.8, 4) is 0 Å². The Bertz CT molecular complexity index is 1430. The van der Waals surface area contributed by atoms with E-state index in [9.17, 15) is 23.1 Å². The molecule has 0 unspecified atom stereocenters. The molecule has 0 spiro atoms. The predicted octanol–water partition coefficient (Wildman–Crippen LogP) is 4.48. The van der Waals surface area contributed by atoms with Crippen molar-refractivity contribution < 1.29 is 23.1 Å². The molecule has 1 aromatic carbocycles. The topological polar surface area (TPSA) is 120 Å². The number of amides is 1. The summed E-state index contributed by atoms with van der Waals surface area (Å²) in [5.74, 6) is -1.07. The number of rotatable bonds is 10. The minimum atomic E-state index is -3.92. The minimum Gasteiger partial charge on any atom is -0.477 e. The number of nitrogens with zero attached hydrogens (tertiary/aromatic N) is 3. The van der Waals surface area contributed by atoms with Gasteiger partial charge in [-0.25, -0.2) is 18.2 Å². The number of aromatic nitrogens is 1. The van der Waals surface area contributed by atoms with Gasteiger partial charge >= 0.3 is 5.97 Å². The van der Waals surface area contributed by atoms with E-state index in [1.807, 2.05) is 37.3 Å². The van der Waals surface area contributed by atoms with Crippen LogP contribution in [-0.4, -0.2) is 60.4 Å². The van der Waals surface area contributed by atoms with Crippen molar-refractivity contribution in [1.82, 2.24) is 14.6 Å². The van der Waals surface area contributed by atoms with Crippen LogP contribution in [0.1, 0.15) is 64.5 Å². The molecule has 4 rings (SSSR count). The maximum atomic E-state index is 13.7. The van der Waals surface area contributed by atoms with Crippen molar-refractivity contribution in [2.24, 2.45) is 0 Å². The zero-order valence-corrected chi connectivity index (χ0v) is 25.0. The molecule has 210 valence electrons. The molecule has 1 fully saturated rings. The van der Waals surface area contributed by atoms with Gasteiger partial charge in [0.2, 0.25) is 5.91 Å². The number of piperazine rings is 1. The van der Waals surface area contributed by atoms with E-state index in [4.69, 9.17) is 0 Å². The van der Waals surface area contributed by atoms with Crippen molar-refractivity contribution >= 4 is 49.7 Å². The fraction of sp³-hybridized carbons (Fsp3) is 0.444. The normalized spacial score (nSPS) is 16.5. The molecular formula is C27H34N4O5S3. The highest BCUT2D eigenvalue weighted by molar-refractivity contribution is 7.91. The molecule has 9 nitrogen and oxygen atoms in total. The molecule has 1 amide bonds. The first-order valence-electron chi connectivity index (χ1n) is 12.9. The van der Waals surface area contributed by atoms with Gasteiger partial charge in [0.1, 0.15) is 15.1 Å². The van der Waals surface area contributed by atoms with Crippen molar-refractivity contribution in [3.63, 3.8) is 0 Å². The van der Waals surface area contributed by atoms with E-state index in [1.165, 1.54) is 21.2 Å². The van der Waals surface area contributed by atoms with Crippen LogP contribution in [0.5, 0.6) is 0 Å². The molecule has 1 aliphatic rings. The quantitative estimate of drug-likeness (QED) is 0.357. The number of nitrogens with one attached hydrogen (secondary N) is 1. The van der Waals surface area contributed by atoms with Gasteiger partial charge in [0.15, 0.2) is 5.13 Å². The molecule has 12 heteroatoms. The van der Waals surface area contributed by atoms with E-state index >= 15 is 0 Å². The monoisotopic (exact) mass is 590 g/mol.